The highest BCUT2D eigenvalue weighted by Crippen LogP contribution is 2.18. The van der Waals surface area contributed by atoms with Crippen LogP contribution in [0.4, 0.5) is 0 Å². The first kappa shape index (κ1) is 14.6. The van der Waals surface area contributed by atoms with Crippen molar-refractivity contribution < 1.29 is 4.42 Å². The third-order valence-electron chi connectivity index (χ3n) is 4.06. The van der Waals surface area contributed by atoms with Gasteiger partial charge in [-0.3, -0.25) is 4.90 Å². The number of hydrogen-bond donors (Lipinski definition) is 1. The second-order valence-corrected chi connectivity index (χ2v) is 5.80. The van der Waals surface area contributed by atoms with Gasteiger partial charge < -0.3 is 14.6 Å². The highest BCUT2D eigenvalue weighted by atomic mass is 16.3. The molecular weight excluding hydrogens is 238 g/mol. The molecule has 2 heterocycles. The predicted octanol–water partition coefficient (Wildman–Crippen LogP) is 1.83. The molecule has 0 aliphatic carbocycles. The summed E-state index contributed by atoms with van der Waals surface area (Å²) in [5, 5.41) is 3.18. The second-order valence-electron chi connectivity index (χ2n) is 5.80. The monoisotopic (exact) mass is 265 g/mol. The van der Waals surface area contributed by atoms with Crippen molar-refractivity contribution in [1.82, 2.24) is 15.1 Å². The number of furan rings is 1. The molecule has 1 aromatic rings. The molecule has 1 aromatic heterocycles. The Bertz CT molecular complexity index is 402. The van der Waals surface area contributed by atoms with Crippen LogP contribution in [-0.4, -0.2) is 50.1 Å². The SMILES string of the molecule is CNCc1cc(CN(C)CC2CCCN2C)oc1C. The molecule has 0 radical (unpaired) electrons. The lowest BCUT2D eigenvalue weighted by atomic mass is 10.2. The van der Waals surface area contributed by atoms with Gasteiger partial charge in [0.05, 0.1) is 6.54 Å². The largest absolute Gasteiger partial charge is 0.465 e. The van der Waals surface area contributed by atoms with Crippen LogP contribution in [0, 0.1) is 6.92 Å². The summed E-state index contributed by atoms with van der Waals surface area (Å²) in [6.45, 7) is 6.18. The van der Waals surface area contributed by atoms with Gasteiger partial charge in [-0.25, -0.2) is 0 Å². The molecule has 2 rings (SSSR count). The van der Waals surface area contributed by atoms with Crippen LogP contribution in [0.2, 0.25) is 0 Å². The van der Waals surface area contributed by atoms with Crippen LogP contribution >= 0.6 is 0 Å². The molecule has 0 amide bonds. The fourth-order valence-corrected chi connectivity index (χ4v) is 2.93. The van der Waals surface area contributed by atoms with E-state index in [1.165, 1.54) is 24.9 Å². The number of likely N-dealkylation sites (N-methyl/N-ethyl adjacent to an activating group) is 2. The molecule has 1 saturated heterocycles. The van der Waals surface area contributed by atoms with Crippen molar-refractivity contribution in [3.05, 3.63) is 23.2 Å². The number of nitrogens with zero attached hydrogens (tertiary/aromatic N) is 2. The minimum Gasteiger partial charge on any atom is -0.465 e. The van der Waals surface area contributed by atoms with Gasteiger partial charge in [-0.05, 0) is 53.5 Å². The van der Waals surface area contributed by atoms with Gasteiger partial charge in [0, 0.05) is 24.7 Å². The molecule has 108 valence electrons. The molecule has 1 N–H and O–H groups in total. The third-order valence-corrected chi connectivity index (χ3v) is 4.06. The molecule has 19 heavy (non-hydrogen) atoms. The standard InChI is InChI=1S/C15H27N3O/c1-12-13(9-16-2)8-15(19-12)11-17(3)10-14-6-5-7-18(14)4/h8,14,16H,5-7,9-11H2,1-4H3. The molecular formula is C15H27N3O. The van der Waals surface area contributed by atoms with Crippen LogP contribution in [0.25, 0.3) is 0 Å². The summed E-state index contributed by atoms with van der Waals surface area (Å²) in [6.07, 6.45) is 2.66. The number of rotatable bonds is 6. The lowest BCUT2D eigenvalue weighted by Crippen LogP contribution is -2.36. The normalized spacial score (nSPS) is 20.6. The molecule has 1 unspecified atom stereocenters. The molecule has 1 aliphatic rings. The fraction of sp³-hybridized carbons (Fsp3) is 0.733. The maximum Gasteiger partial charge on any atom is 0.118 e. The smallest absolute Gasteiger partial charge is 0.118 e. The van der Waals surface area contributed by atoms with Crippen molar-refractivity contribution in [2.24, 2.45) is 0 Å². The van der Waals surface area contributed by atoms with E-state index in [0.29, 0.717) is 6.04 Å². The Morgan fingerprint density at radius 3 is 2.95 bits per heavy atom. The van der Waals surface area contributed by atoms with E-state index in [1.54, 1.807) is 0 Å². The summed E-state index contributed by atoms with van der Waals surface area (Å²) >= 11 is 0. The first-order chi connectivity index (χ1) is 9.10. The van der Waals surface area contributed by atoms with Crippen molar-refractivity contribution >= 4 is 0 Å². The Labute approximate surface area is 116 Å². The highest BCUT2D eigenvalue weighted by molar-refractivity contribution is 5.20. The van der Waals surface area contributed by atoms with E-state index in [0.717, 1.165) is 31.2 Å². The summed E-state index contributed by atoms with van der Waals surface area (Å²) in [6, 6.07) is 2.89. The zero-order chi connectivity index (χ0) is 13.8. The van der Waals surface area contributed by atoms with Gasteiger partial charge in [0.25, 0.3) is 0 Å². The third kappa shape index (κ3) is 3.81. The lowest BCUT2D eigenvalue weighted by molar-refractivity contribution is 0.205. The first-order valence-corrected chi connectivity index (χ1v) is 7.21. The molecule has 0 bridgehead atoms. The summed E-state index contributed by atoms with van der Waals surface area (Å²) < 4.78 is 5.83. The van der Waals surface area contributed by atoms with Gasteiger partial charge in [0.15, 0.2) is 0 Å². The zero-order valence-electron chi connectivity index (χ0n) is 12.7. The van der Waals surface area contributed by atoms with Crippen molar-refractivity contribution in [2.75, 3.05) is 34.2 Å². The average molecular weight is 265 g/mol. The van der Waals surface area contributed by atoms with Crippen molar-refractivity contribution in [3.8, 4) is 0 Å². The molecule has 0 aromatic carbocycles. The van der Waals surface area contributed by atoms with Crippen molar-refractivity contribution in [2.45, 2.75) is 38.9 Å². The summed E-state index contributed by atoms with van der Waals surface area (Å²) in [5.74, 6) is 2.11. The molecule has 0 spiro atoms. The first-order valence-electron chi connectivity index (χ1n) is 7.21. The Hall–Kier alpha value is -0.840. The van der Waals surface area contributed by atoms with Gasteiger partial charge in [-0.15, -0.1) is 0 Å². The maximum atomic E-state index is 5.83. The summed E-state index contributed by atoms with van der Waals surface area (Å²) in [5.41, 5.74) is 1.27. The van der Waals surface area contributed by atoms with E-state index in [1.807, 2.05) is 14.0 Å². The van der Waals surface area contributed by atoms with Gasteiger partial charge in [0.1, 0.15) is 11.5 Å². The molecule has 4 heteroatoms. The van der Waals surface area contributed by atoms with E-state index in [9.17, 15) is 0 Å². The second kappa shape index (κ2) is 6.55. The molecule has 1 atom stereocenters. The molecule has 1 fully saturated rings. The number of aryl methyl sites for hydroxylation is 1. The Balaban J connectivity index is 1.87. The minimum atomic E-state index is 0.706. The molecule has 4 nitrogen and oxygen atoms in total. The van der Waals surface area contributed by atoms with E-state index in [4.69, 9.17) is 4.42 Å². The zero-order valence-corrected chi connectivity index (χ0v) is 12.7. The predicted molar refractivity (Wildman–Crippen MR) is 78.2 cm³/mol. The quantitative estimate of drug-likeness (QED) is 0.850. The van der Waals surface area contributed by atoms with Crippen molar-refractivity contribution in [3.63, 3.8) is 0 Å². The van der Waals surface area contributed by atoms with Crippen LogP contribution < -0.4 is 5.32 Å². The maximum absolute atomic E-state index is 5.83. The van der Waals surface area contributed by atoms with E-state index in [-0.39, 0.29) is 0 Å². The van der Waals surface area contributed by atoms with Gasteiger partial charge in [-0.1, -0.05) is 0 Å². The Morgan fingerprint density at radius 2 is 2.32 bits per heavy atom. The molecule has 1 aliphatic heterocycles. The number of hydrogen-bond acceptors (Lipinski definition) is 4. The minimum absolute atomic E-state index is 0.706. The van der Waals surface area contributed by atoms with E-state index < -0.39 is 0 Å². The average Bonchev–Trinajstić information content (AvgIpc) is 2.88. The van der Waals surface area contributed by atoms with E-state index in [2.05, 4.69) is 35.3 Å². The number of nitrogens with one attached hydrogen (secondary N) is 1. The van der Waals surface area contributed by atoms with Gasteiger partial charge >= 0.3 is 0 Å². The Kier molecular flexibility index (Phi) is 5.02. The Morgan fingerprint density at radius 1 is 1.53 bits per heavy atom. The van der Waals surface area contributed by atoms with Crippen LogP contribution in [0.15, 0.2) is 10.5 Å². The van der Waals surface area contributed by atoms with Crippen LogP contribution in [0.3, 0.4) is 0 Å². The molecule has 0 saturated carbocycles. The van der Waals surface area contributed by atoms with Crippen molar-refractivity contribution in [1.29, 1.82) is 0 Å². The summed E-state index contributed by atoms with van der Waals surface area (Å²) in [4.78, 5) is 4.84. The van der Waals surface area contributed by atoms with E-state index >= 15 is 0 Å². The highest BCUT2D eigenvalue weighted by Gasteiger charge is 2.22. The van der Waals surface area contributed by atoms with Crippen LogP contribution in [0.1, 0.15) is 29.9 Å². The lowest BCUT2D eigenvalue weighted by Gasteiger charge is -2.25. The fourth-order valence-electron chi connectivity index (χ4n) is 2.93. The van der Waals surface area contributed by atoms with Crippen LogP contribution in [-0.2, 0) is 13.1 Å². The number of likely N-dealkylation sites (tertiary alicyclic amines) is 1. The van der Waals surface area contributed by atoms with Gasteiger partial charge in [0.2, 0.25) is 0 Å². The summed E-state index contributed by atoms with van der Waals surface area (Å²) in [7, 11) is 6.38. The van der Waals surface area contributed by atoms with Gasteiger partial charge in [-0.2, -0.15) is 0 Å². The van der Waals surface area contributed by atoms with Crippen LogP contribution in [0.5, 0.6) is 0 Å². The topological polar surface area (TPSA) is 31.6 Å².